The Balaban J connectivity index is 0.00000245. The average molecular weight is 549 g/mol. The van der Waals surface area contributed by atoms with E-state index in [0.717, 1.165) is 69.6 Å². The summed E-state index contributed by atoms with van der Waals surface area (Å²) in [6.45, 7) is 4.71. The van der Waals surface area contributed by atoms with Gasteiger partial charge in [0.25, 0.3) is 0 Å². The highest BCUT2D eigenvalue weighted by molar-refractivity contribution is 14.0. The molecule has 3 aliphatic rings. The van der Waals surface area contributed by atoms with Crippen molar-refractivity contribution in [3.63, 3.8) is 0 Å². The lowest BCUT2D eigenvalue weighted by Gasteiger charge is -2.39. The molecule has 1 unspecified atom stereocenters. The van der Waals surface area contributed by atoms with Gasteiger partial charge in [0, 0.05) is 51.2 Å². The lowest BCUT2D eigenvalue weighted by Crippen LogP contribution is -2.48. The molecule has 0 radical (unpaired) electrons. The molecule has 0 saturated carbocycles. The minimum Gasteiger partial charge on any atom is -0.454 e. The maximum atomic E-state index is 5.71. The fourth-order valence-corrected chi connectivity index (χ4v) is 5.09. The number of likely N-dealkylation sites (tertiary alicyclic amines) is 1. The second-order valence-corrected chi connectivity index (χ2v) is 8.70. The van der Waals surface area contributed by atoms with Crippen LogP contribution in [-0.4, -0.2) is 57.5 Å². The molecule has 0 bridgehead atoms. The number of ether oxygens (including phenoxy) is 3. The van der Waals surface area contributed by atoms with Crippen LogP contribution in [0, 0.1) is 0 Å². The molecule has 1 N–H and O–H groups in total. The standard InChI is InChI=1S/C25H31N3O3.HI/c1-26-24(28-12-9-20(16-28)19-5-3-2-4-6-19)27-17-25(10-13-29-14-11-25)21-7-8-22-23(15-21)31-18-30-22;/h2-8,15,20H,9-14,16-18H2,1H3,(H,26,27);1H. The van der Waals surface area contributed by atoms with Crippen LogP contribution in [0.1, 0.15) is 36.3 Å². The maximum Gasteiger partial charge on any atom is 0.231 e. The van der Waals surface area contributed by atoms with E-state index in [2.05, 4.69) is 57.7 Å². The zero-order chi connectivity index (χ0) is 21.1. The van der Waals surface area contributed by atoms with Crippen LogP contribution in [0.3, 0.4) is 0 Å². The Morgan fingerprint density at radius 1 is 1.09 bits per heavy atom. The van der Waals surface area contributed by atoms with E-state index >= 15 is 0 Å². The van der Waals surface area contributed by atoms with Crippen LogP contribution >= 0.6 is 24.0 Å². The van der Waals surface area contributed by atoms with E-state index in [1.54, 1.807) is 0 Å². The zero-order valence-corrected chi connectivity index (χ0v) is 20.9. The van der Waals surface area contributed by atoms with Crippen molar-refractivity contribution in [3.05, 3.63) is 59.7 Å². The van der Waals surface area contributed by atoms with Crippen LogP contribution in [0.2, 0.25) is 0 Å². The second kappa shape index (κ2) is 10.3. The molecule has 2 saturated heterocycles. The fourth-order valence-electron chi connectivity index (χ4n) is 5.09. The molecule has 0 aliphatic carbocycles. The van der Waals surface area contributed by atoms with Gasteiger partial charge in [0.1, 0.15) is 0 Å². The normalized spacial score (nSPS) is 21.8. The van der Waals surface area contributed by atoms with Crippen molar-refractivity contribution in [1.29, 1.82) is 0 Å². The lowest BCUT2D eigenvalue weighted by atomic mass is 9.74. The molecular weight excluding hydrogens is 517 g/mol. The van der Waals surface area contributed by atoms with E-state index in [1.165, 1.54) is 11.1 Å². The van der Waals surface area contributed by atoms with Crippen LogP contribution in [0.4, 0.5) is 0 Å². The number of benzene rings is 2. The van der Waals surface area contributed by atoms with E-state index in [4.69, 9.17) is 14.2 Å². The van der Waals surface area contributed by atoms with Gasteiger partial charge in [0.05, 0.1) is 0 Å². The molecule has 5 rings (SSSR count). The van der Waals surface area contributed by atoms with Gasteiger partial charge in [0.15, 0.2) is 17.5 Å². The number of hydrogen-bond donors (Lipinski definition) is 1. The third-order valence-electron chi connectivity index (χ3n) is 6.99. The van der Waals surface area contributed by atoms with Gasteiger partial charge >= 0.3 is 0 Å². The lowest BCUT2D eigenvalue weighted by molar-refractivity contribution is 0.0511. The minimum atomic E-state index is -0.00622. The van der Waals surface area contributed by atoms with Crippen LogP contribution in [0.15, 0.2) is 53.5 Å². The third-order valence-corrected chi connectivity index (χ3v) is 6.99. The highest BCUT2D eigenvalue weighted by Crippen LogP contribution is 2.40. The average Bonchev–Trinajstić information content (AvgIpc) is 3.50. The highest BCUT2D eigenvalue weighted by Gasteiger charge is 2.36. The van der Waals surface area contributed by atoms with Crippen molar-refractivity contribution in [3.8, 4) is 11.5 Å². The summed E-state index contributed by atoms with van der Waals surface area (Å²) >= 11 is 0. The van der Waals surface area contributed by atoms with Crippen LogP contribution < -0.4 is 14.8 Å². The van der Waals surface area contributed by atoms with Gasteiger partial charge < -0.3 is 24.4 Å². The summed E-state index contributed by atoms with van der Waals surface area (Å²) in [5.41, 5.74) is 2.70. The van der Waals surface area contributed by atoms with E-state index in [-0.39, 0.29) is 29.4 Å². The SMILES string of the molecule is CN=C(NCC1(c2ccc3c(c2)OCO3)CCOCC1)N1CCC(c2ccccc2)C1.I. The number of hydrogen-bond acceptors (Lipinski definition) is 4. The molecule has 2 aromatic carbocycles. The molecule has 3 aliphatic heterocycles. The summed E-state index contributed by atoms with van der Waals surface area (Å²) in [4.78, 5) is 7.01. The second-order valence-electron chi connectivity index (χ2n) is 8.70. The van der Waals surface area contributed by atoms with Crippen molar-refractivity contribution < 1.29 is 14.2 Å². The predicted molar refractivity (Wildman–Crippen MR) is 136 cm³/mol. The number of nitrogens with zero attached hydrogens (tertiary/aromatic N) is 2. The predicted octanol–water partition coefficient (Wildman–Crippen LogP) is 4.15. The van der Waals surface area contributed by atoms with Crippen LogP contribution in [-0.2, 0) is 10.2 Å². The van der Waals surface area contributed by atoms with Crippen molar-refractivity contribution in [1.82, 2.24) is 10.2 Å². The number of rotatable bonds is 4. The van der Waals surface area contributed by atoms with Gasteiger partial charge in [-0.15, -0.1) is 24.0 Å². The molecule has 0 aromatic heterocycles. The molecular formula is C25H32IN3O3. The molecule has 2 fully saturated rings. The first-order valence-electron chi connectivity index (χ1n) is 11.3. The van der Waals surface area contributed by atoms with Crippen molar-refractivity contribution in [2.24, 2.45) is 4.99 Å². The van der Waals surface area contributed by atoms with Crippen molar-refractivity contribution >= 4 is 29.9 Å². The molecule has 6 nitrogen and oxygen atoms in total. The van der Waals surface area contributed by atoms with Crippen LogP contribution in [0.25, 0.3) is 0 Å². The number of aliphatic imine (C=N–C) groups is 1. The van der Waals surface area contributed by atoms with Gasteiger partial charge in [-0.1, -0.05) is 36.4 Å². The molecule has 172 valence electrons. The number of halogens is 1. The Hall–Kier alpha value is -2.00. The van der Waals surface area contributed by atoms with E-state index < -0.39 is 0 Å². The summed E-state index contributed by atoms with van der Waals surface area (Å²) in [6, 6.07) is 17.2. The number of nitrogens with one attached hydrogen (secondary N) is 1. The third kappa shape index (κ3) is 4.69. The summed E-state index contributed by atoms with van der Waals surface area (Å²) < 4.78 is 16.9. The Morgan fingerprint density at radius 3 is 2.66 bits per heavy atom. The molecule has 0 amide bonds. The summed E-state index contributed by atoms with van der Waals surface area (Å²) in [5, 5.41) is 3.71. The molecule has 3 heterocycles. The minimum absolute atomic E-state index is 0. The first-order valence-corrected chi connectivity index (χ1v) is 11.3. The van der Waals surface area contributed by atoms with Gasteiger partial charge in [-0.3, -0.25) is 4.99 Å². The highest BCUT2D eigenvalue weighted by atomic mass is 127. The first-order chi connectivity index (χ1) is 15.3. The first kappa shape index (κ1) is 23.2. The van der Waals surface area contributed by atoms with Crippen LogP contribution in [0.5, 0.6) is 11.5 Å². The monoisotopic (exact) mass is 549 g/mol. The molecule has 2 aromatic rings. The van der Waals surface area contributed by atoms with Gasteiger partial charge in [-0.05, 0) is 42.5 Å². The van der Waals surface area contributed by atoms with E-state index in [1.807, 2.05) is 13.1 Å². The number of fused-ring (bicyclic) bond motifs is 1. The number of guanidine groups is 1. The van der Waals surface area contributed by atoms with E-state index in [9.17, 15) is 0 Å². The molecule has 1 atom stereocenters. The Labute approximate surface area is 207 Å². The smallest absolute Gasteiger partial charge is 0.231 e. The summed E-state index contributed by atoms with van der Waals surface area (Å²) in [7, 11) is 1.88. The largest absolute Gasteiger partial charge is 0.454 e. The van der Waals surface area contributed by atoms with Crippen molar-refractivity contribution in [2.45, 2.75) is 30.6 Å². The summed E-state index contributed by atoms with van der Waals surface area (Å²) in [5.74, 6) is 3.23. The molecule has 7 heteroatoms. The molecule has 0 spiro atoms. The molecule has 32 heavy (non-hydrogen) atoms. The van der Waals surface area contributed by atoms with Gasteiger partial charge in [0.2, 0.25) is 6.79 Å². The van der Waals surface area contributed by atoms with Gasteiger partial charge in [-0.25, -0.2) is 0 Å². The van der Waals surface area contributed by atoms with Crippen molar-refractivity contribution in [2.75, 3.05) is 46.7 Å². The van der Waals surface area contributed by atoms with E-state index in [0.29, 0.717) is 12.7 Å². The topological polar surface area (TPSA) is 55.3 Å². The summed E-state index contributed by atoms with van der Waals surface area (Å²) in [6.07, 6.45) is 3.11. The fraction of sp³-hybridized carbons (Fsp3) is 0.480. The van der Waals surface area contributed by atoms with Gasteiger partial charge in [-0.2, -0.15) is 0 Å². The Bertz CT molecular complexity index is 931. The Kier molecular flexibility index (Phi) is 7.45. The zero-order valence-electron chi connectivity index (χ0n) is 18.6. The maximum absolute atomic E-state index is 5.71. The Morgan fingerprint density at radius 2 is 1.88 bits per heavy atom. The quantitative estimate of drug-likeness (QED) is 0.353.